The average molecular weight is 393 g/mol. The fraction of sp³-hybridized carbons (Fsp3) is 0.0556. The van der Waals surface area contributed by atoms with E-state index in [1.165, 1.54) is 12.3 Å². The van der Waals surface area contributed by atoms with Crippen LogP contribution in [-0.4, -0.2) is 15.9 Å². The minimum Gasteiger partial charge on any atom is -0.324 e. The Kier molecular flexibility index (Phi) is 5.27. The minimum atomic E-state index is -1.67. The quantitative estimate of drug-likeness (QED) is 0.623. The van der Waals surface area contributed by atoms with Gasteiger partial charge in [-0.05, 0) is 48.9 Å². The SMILES string of the molecule is Cc1cc(Cl)ccc1Nc1nccc(C(=O)Nc2ccc(F)c(F)c2F)n1. The van der Waals surface area contributed by atoms with Gasteiger partial charge in [0.25, 0.3) is 5.91 Å². The molecule has 0 atom stereocenters. The summed E-state index contributed by atoms with van der Waals surface area (Å²) in [5.41, 5.74) is 0.928. The number of carbonyl (C=O) groups excluding carboxylic acids is 1. The van der Waals surface area contributed by atoms with Crippen molar-refractivity contribution in [1.29, 1.82) is 0 Å². The van der Waals surface area contributed by atoms with Gasteiger partial charge in [-0.1, -0.05) is 11.6 Å². The third-order valence-corrected chi connectivity index (χ3v) is 3.84. The summed E-state index contributed by atoms with van der Waals surface area (Å²) >= 11 is 5.90. The van der Waals surface area contributed by atoms with E-state index in [0.29, 0.717) is 16.8 Å². The van der Waals surface area contributed by atoms with E-state index in [1.807, 2.05) is 6.92 Å². The molecule has 1 aromatic heterocycles. The Morgan fingerprint density at radius 2 is 1.78 bits per heavy atom. The van der Waals surface area contributed by atoms with Crippen LogP contribution in [0.3, 0.4) is 0 Å². The van der Waals surface area contributed by atoms with Gasteiger partial charge in [-0.3, -0.25) is 4.79 Å². The molecule has 0 radical (unpaired) electrons. The van der Waals surface area contributed by atoms with Crippen LogP contribution >= 0.6 is 11.6 Å². The van der Waals surface area contributed by atoms with Crippen LogP contribution in [0.4, 0.5) is 30.5 Å². The summed E-state index contributed by atoms with van der Waals surface area (Å²) in [6.07, 6.45) is 1.33. The van der Waals surface area contributed by atoms with Gasteiger partial charge in [0.05, 0.1) is 5.69 Å². The second-order valence-electron chi connectivity index (χ2n) is 5.53. The van der Waals surface area contributed by atoms with E-state index < -0.39 is 29.0 Å². The normalized spacial score (nSPS) is 10.6. The summed E-state index contributed by atoms with van der Waals surface area (Å²) in [6.45, 7) is 1.83. The van der Waals surface area contributed by atoms with E-state index in [2.05, 4.69) is 20.6 Å². The lowest BCUT2D eigenvalue weighted by Gasteiger charge is -2.10. The number of carbonyl (C=O) groups is 1. The van der Waals surface area contributed by atoms with Crippen LogP contribution in [0.25, 0.3) is 0 Å². The molecule has 2 N–H and O–H groups in total. The van der Waals surface area contributed by atoms with Gasteiger partial charge < -0.3 is 10.6 Å². The second-order valence-corrected chi connectivity index (χ2v) is 5.96. The Morgan fingerprint density at radius 3 is 2.52 bits per heavy atom. The van der Waals surface area contributed by atoms with Crippen molar-refractivity contribution in [2.45, 2.75) is 6.92 Å². The molecule has 0 saturated carbocycles. The summed E-state index contributed by atoms with van der Waals surface area (Å²) in [4.78, 5) is 20.3. The molecule has 0 bridgehead atoms. The lowest BCUT2D eigenvalue weighted by Crippen LogP contribution is -2.16. The van der Waals surface area contributed by atoms with Crippen LogP contribution < -0.4 is 10.6 Å². The van der Waals surface area contributed by atoms with Crippen molar-refractivity contribution >= 4 is 34.8 Å². The van der Waals surface area contributed by atoms with Crippen molar-refractivity contribution in [3.63, 3.8) is 0 Å². The topological polar surface area (TPSA) is 66.9 Å². The third-order valence-electron chi connectivity index (χ3n) is 3.61. The highest BCUT2D eigenvalue weighted by molar-refractivity contribution is 6.30. The first kappa shape index (κ1) is 18.7. The van der Waals surface area contributed by atoms with Gasteiger partial charge in [-0.25, -0.2) is 23.1 Å². The molecular weight excluding hydrogens is 381 g/mol. The van der Waals surface area contributed by atoms with E-state index in [1.54, 1.807) is 18.2 Å². The minimum absolute atomic E-state index is 0.0942. The lowest BCUT2D eigenvalue weighted by atomic mass is 10.2. The standard InChI is InChI=1S/C18H12ClF3N4O/c1-9-8-10(19)2-4-12(9)25-18-23-7-6-14(26-18)17(27)24-13-5-3-11(20)15(21)16(13)22/h2-8H,1H3,(H,24,27)(H,23,25,26). The molecule has 0 saturated heterocycles. The van der Waals surface area contributed by atoms with Gasteiger partial charge in [0.2, 0.25) is 5.95 Å². The Morgan fingerprint density at radius 1 is 1.04 bits per heavy atom. The van der Waals surface area contributed by atoms with E-state index in [0.717, 1.165) is 11.6 Å². The van der Waals surface area contributed by atoms with Crippen LogP contribution in [0.1, 0.15) is 16.1 Å². The van der Waals surface area contributed by atoms with Crippen molar-refractivity contribution in [3.05, 3.63) is 76.3 Å². The van der Waals surface area contributed by atoms with Crippen molar-refractivity contribution in [2.24, 2.45) is 0 Å². The van der Waals surface area contributed by atoms with Gasteiger partial charge in [-0.2, -0.15) is 0 Å². The van der Waals surface area contributed by atoms with Crippen molar-refractivity contribution in [2.75, 3.05) is 10.6 Å². The highest BCUT2D eigenvalue weighted by atomic mass is 35.5. The Labute approximate surface area is 157 Å². The predicted molar refractivity (Wildman–Crippen MR) is 95.8 cm³/mol. The second kappa shape index (κ2) is 7.63. The van der Waals surface area contributed by atoms with Gasteiger partial charge in [0, 0.05) is 16.9 Å². The molecule has 27 heavy (non-hydrogen) atoms. The first-order chi connectivity index (χ1) is 12.8. The van der Waals surface area contributed by atoms with E-state index >= 15 is 0 Å². The van der Waals surface area contributed by atoms with Crippen LogP contribution in [0.5, 0.6) is 0 Å². The summed E-state index contributed by atoms with van der Waals surface area (Å²) in [6, 6.07) is 8.08. The van der Waals surface area contributed by atoms with Crippen LogP contribution in [0.2, 0.25) is 5.02 Å². The maximum atomic E-state index is 13.7. The first-order valence-corrected chi connectivity index (χ1v) is 8.04. The Balaban J connectivity index is 1.81. The smallest absolute Gasteiger partial charge is 0.274 e. The van der Waals surface area contributed by atoms with Gasteiger partial charge >= 0.3 is 0 Å². The zero-order chi connectivity index (χ0) is 19.6. The summed E-state index contributed by atoms with van der Waals surface area (Å²) in [5, 5.41) is 5.66. The van der Waals surface area contributed by atoms with Crippen LogP contribution in [-0.2, 0) is 0 Å². The molecule has 0 spiro atoms. The number of hydrogen-bond acceptors (Lipinski definition) is 4. The van der Waals surface area contributed by atoms with E-state index in [9.17, 15) is 18.0 Å². The zero-order valence-electron chi connectivity index (χ0n) is 13.9. The number of rotatable bonds is 4. The molecule has 0 aliphatic heterocycles. The van der Waals surface area contributed by atoms with Crippen molar-refractivity contribution in [3.8, 4) is 0 Å². The summed E-state index contributed by atoms with van der Waals surface area (Å²) in [5.74, 6) is -5.20. The number of aryl methyl sites for hydroxylation is 1. The summed E-state index contributed by atoms with van der Waals surface area (Å²) < 4.78 is 39.9. The maximum absolute atomic E-state index is 13.7. The molecule has 1 amide bonds. The number of anilines is 3. The molecule has 0 fully saturated rings. The van der Waals surface area contributed by atoms with Crippen molar-refractivity contribution in [1.82, 2.24) is 9.97 Å². The highest BCUT2D eigenvalue weighted by Gasteiger charge is 2.17. The van der Waals surface area contributed by atoms with Crippen LogP contribution in [0, 0.1) is 24.4 Å². The molecule has 138 valence electrons. The van der Waals surface area contributed by atoms with Crippen LogP contribution in [0.15, 0.2) is 42.6 Å². The molecule has 3 aromatic rings. The highest BCUT2D eigenvalue weighted by Crippen LogP contribution is 2.23. The average Bonchev–Trinajstić information content (AvgIpc) is 2.65. The largest absolute Gasteiger partial charge is 0.324 e. The number of nitrogens with zero attached hydrogens (tertiary/aromatic N) is 2. The molecule has 0 unspecified atom stereocenters. The Hall–Kier alpha value is -3.13. The Bertz CT molecular complexity index is 1030. The molecule has 5 nitrogen and oxygen atoms in total. The number of halogens is 4. The molecular formula is C18H12ClF3N4O. The van der Waals surface area contributed by atoms with E-state index in [-0.39, 0.29) is 11.6 Å². The molecule has 0 aliphatic rings. The predicted octanol–water partition coefficient (Wildman–Crippen LogP) is 4.85. The third kappa shape index (κ3) is 4.17. The molecule has 9 heteroatoms. The lowest BCUT2D eigenvalue weighted by molar-refractivity contribution is 0.102. The van der Waals surface area contributed by atoms with Gasteiger partial charge in [0.15, 0.2) is 17.5 Å². The van der Waals surface area contributed by atoms with E-state index in [4.69, 9.17) is 11.6 Å². The van der Waals surface area contributed by atoms with Gasteiger partial charge in [0.1, 0.15) is 5.69 Å². The number of amides is 1. The fourth-order valence-electron chi connectivity index (χ4n) is 2.24. The zero-order valence-corrected chi connectivity index (χ0v) is 14.6. The number of aromatic nitrogens is 2. The molecule has 3 rings (SSSR count). The molecule has 1 heterocycles. The molecule has 0 aliphatic carbocycles. The number of benzene rings is 2. The van der Waals surface area contributed by atoms with Gasteiger partial charge in [-0.15, -0.1) is 0 Å². The number of nitrogens with one attached hydrogen (secondary N) is 2. The van der Waals surface area contributed by atoms with Crippen molar-refractivity contribution < 1.29 is 18.0 Å². The first-order valence-electron chi connectivity index (χ1n) is 7.66. The maximum Gasteiger partial charge on any atom is 0.274 e. The summed E-state index contributed by atoms with van der Waals surface area (Å²) in [7, 11) is 0. The fourth-order valence-corrected chi connectivity index (χ4v) is 2.47. The molecule has 2 aromatic carbocycles. The number of hydrogen-bond donors (Lipinski definition) is 2. The monoisotopic (exact) mass is 392 g/mol.